The quantitative estimate of drug-likeness (QED) is 0.611. The van der Waals surface area contributed by atoms with Crippen LogP contribution in [0.2, 0.25) is 0 Å². The number of rotatable bonds is 2. The molecular formula is C17H17NO7. The van der Waals surface area contributed by atoms with Crippen molar-refractivity contribution in [2.24, 2.45) is 0 Å². The van der Waals surface area contributed by atoms with Crippen LogP contribution < -0.4 is 14.2 Å². The minimum Gasteiger partial charge on any atom is -0.422 e. The molecule has 1 unspecified atom stereocenters. The van der Waals surface area contributed by atoms with E-state index >= 15 is 0 Å². The Bertz CT molecular complexity index is 769. The van der Waals surface area contributed by atoms with Gasteiger partial charge in [0.15, 0.2) is 17.1 Å². The van der Waals surface area contributed by atoms with Crippen LogP contribution in [0.1, 0.15) is 31.2 Å². The molecule has 1 N–H and O–H groups in total. The maximum absolute atomic E-state index is 12.3. The number of hydrogen-bond donors (Lipinski definition) is 1. The third kappa shape index (κ3) is 2.87. The minimum absolute atomic E-state index is 0.00438. The first-order chi connectivity index (χ1) is 11.9. The summed E-state index contributed by atoms with van der Waals surface area (Å²) in [5.41, 5.74) is -1.63. The van der Waals surface area contributed by atoms with E-state index in [0.717, 1.165) is 25.9 Å². The summed E-state index contributed by atoms with van der Waals surface area (Å²) in [6, 6.07) is 3.20. The lowest BCUT2D eigenvalue weighted by Gasteiger charge is -2.30. The minimum atomic E-state index is -2.28. The highest BCUT2D eigenvalue weighted by Gasteiger charge is 2.48. The van der Waals surface area contributed by atoms with Gasteiger partial charge in [-0.2, -0.15) is 0 Å². The first kappa shape index (κ1) is 16.0. The van der Waals surface area contributed by atoms with Crippen LogP contribution in [0.25, 0.3) is 0 Å². The Labute approximate surface area is 143 Å². The number of ether oxygens (including phenoxy) is 3. The SMILES string of the molecule is O=C1CC2(O)CC(=O)Oc3c(CN4CCCC4)ccc(c3OC2=O)O1. The Kier molecular flexibility index (Phi) is 3.73. The number of likely N-dealkylation sites (tertiary alicyclic amines) is 1. The Morgan fingerprint density at radius 2 is 1.64 bits per heavy atom. The van der Waals surface area contributed by atoms with Crippen molar-refractivity contribution in [3.05, 3.63) is 17.7 Å². The fourth-order valence-corrected chi connectivity index (χ4v) is 3.36. The molecule has 3 heterocycles. The van der Waals surface area contributed by atoms with E-state index in [2.05, 4.69) is 4.90 Å². The third-order valence-corrected chi connectivity index (χ3v) is 4.64. The predicted octanol–water partition coefficient (Wildman–Crippen LogP) is 0.537. The lowest BCUT2D eigenvalue weighted by Crippen LogP contribution is -2.49. The average molecular weight is 347 g/mol. The van der Waals surface area contributed by atoms with Crippen LogP contribution in [-0.2, 0) is 20.9 Å². The molecule has 8 heteroatoms. The molecule has 1 atom stereocenters. The first-order valence-electron chi connectivity index (χ1n) is 8.19. The summed E-state index contributed by atoms with van der Waals surface area (Å²) in [7, 11) is 0. The van der Waals surface area contributed by atoms with Crippen molar-refractivity contribution in [3.8, 4) is 17.2 Å². The van der Waals surface area contributed by atoms with Crippen molar-refractivity contribution in [3.63, 3.8) is 0 Å². The van der Waals surface area contributed by atoms with Gasteiger partial charge in [0.05, 0.1) is 12.8 Å². The van der Waals surface area contributed by atoms with Crippen molar-refractivity contribution in [2.45, 2.75) is 37.8 Å². The molecule has 1 aromatic carbocycles. The largest absolute Gasteiger partial charge is 0.422 e. The summed E-state index contributed by atoms with van der Waals surface area (Å²) in [6.07, 6.45) is 0.846. The number of carbonyl (C=O) groups excluding carboxylic acids is 3. The highest BCUT2D eigenvalue weighted by atomic mass is 16.6. The van der Waals surface area contributed by atoms with Crippen molar-refractivity contribution in [1.82, 2.24) is 4.90 Å². The molecule has 0 aliphatic carbocycles. The molecular weight excluding hydrogens is 330 g/mol. The van der Waals surface area contributed by atoms with Crippen molar-refractivity contribution >= 4 is 17.9 Å². The zero-order chi connectivity index (χ0) is 17.6. The summed E-state index contributed by atoms with van der Waals surface area (Å²) in [6.45, 7) is 2.38. The number of benzene rings is 1. The van der Waals surface area contributed by atoms with E-state index in [0.29, 0.717) is 12.1 Å². The highest BCUT2D eigenvalue weighted by Crippen LogP contribution is 2.45. The summed E-state index contributed by atoms with van der Waals surface area (Å²) in [4.78, 5) is 38.7. The fraction of sp³-hybridized carbons (Fsp3) is 0.471. The number of nitrogens with zero attached hydrogens (tertiary/aromatic N) is 1. The van der Waals surface area contributed by atoms with Crippen LogP contribution in [-0.4, -0.2) is 46.6 Å². The van der Waals surface area contributed by atoms with Crippen LogP contribution in [0.5, 0.6) is 17.2 Å². The van der Waals surface area contributed by atoms with Crippen LogP contribution >= 0.6 is 0 Å². The zero-order valence-corrected chi connectivity index (χ0v) is 13.4. The molecule has 1 saturated heterocycles. The molecule has 25 heavy (non-hydrogen) atoms. The summed E-state index contributed by atoms with van der Waals surface area (Å²) in [5.74, 6) is -2.74. The van der Waals surface area contributed by atoms with Crippen molar-refractivity contribution in [2.75, 3.05) is 13.1 Å². The number of aliphatic hydroxyl groups is 1. The zero-order valence-electron chi connectivity index (χ0n) is 13.4. The second kappa shape index (κ2) is 5.82. The number of esters is 3. The van der Waals surface area contributed by atoms with Gasteiger partial charge in [-0.15, -0.1) is 0 Å². The van der Waals surface area contributed by atoms with Gasteiger partial charge in [-0.25, -0.2) is 4.79 Å². The average Bonchev–Trinajstić information content (AvgIpc) is 3.03. The third-order valence-electron chi connectivity index (χ3n) is 4.64. The molecule has 2 bridgehead atoms. The summed E-state index contributed by atoms with van der Waals surface area (Å²) >= 11 is 0. The molecule has 1 aromatic rings. The van der Waals surface area contributed by atoms with E-state index in [4.69, 9.17) is 14.2 Å². The summed E-state index contributed by atoms with van der Waals surface area (Å²) < 4.78 is 15.8. The van der Waals surface area contributed by atoms with E-state index in [1.165, 1.54) is 6.07 Å². The maximum atomic E-state index is 12.3. The van der Waals surface area contributed by atoms with Crippen LogP contribution in [0, 0.1) is 0 Å². The number of carbonyl (C=O) groups is 3. The topological polar surface area (TPSA) is 102 Å². The molecule has 0 saturated carbocycles. The van der Waals surface area contributed by atoms with E-state index in [1.807, 2.05) is 0 Å². The Morgan fingerprint density at radius 3 is 2.36 bits per heavy atom. The van der Waals surface area contributed by atoms with E-state index in [-0.39, 0.29) is 17.2 Å². The highest BCUT2D eigenvalue weighted by molar-refractivity contribution is 5.95. The molecule has 0 spiro atoms. The Morgan fingerprint density at radius 1 is 0.960 bits per heavy atom. The van der Waals surface area contributed by atoms with Gasteiger partial charge in [0.2, 0.25) is 5.75 Å². The Hall–Kier alpha value is -2.45. The smallest absolute Gasteiger partial charge is 0.345 e. The standard InChI is InChI=1S/C17H17NO7/c19-12-7-17(22)8-13(20)24-14-10(9-18-5-1-2-6-18)3-4-11(23-12)15(14)25-16(17)21/h3-4,22H,1-2,5-9H2. The van der Waals surface area contributed by atoms with Crippen LogP contribution in [0.3, 0.4) is 0 Å². The second-order valence-electron chi connectivity index (χ2n) is 6.59. The molecule has 3 aliphatic heterocycles. The van der Waals surface area contributed by atoms with Gasteiger partial charge in [-0.3, -0.25) is 14.5 Å². The second-order valence-corrected chi connectivity index (χ2v) is 6.59. The van der Waals surface area contributed by atoms with Gasteiger partial charge in [0.25, 0.3) is 0 Å². The monoisotopic (exact) mass is 347 g/mol. The molecule has 3 aliphatic rings. The van der Waals surface area contributed by atoms with Crippen molar-refractivity contribution in [1.29, 1.82) is 0 Å². The first-order valence-corrected chi connectivity index (χ1v) is 8.19. The molecule has 0 radical (unpaired) electrons. The van der Waals surface area contributed by atoms with Gasteiger partial charge in [-0.1, -0.05) is 6.07 Å². The van der Waals surface area contributed by atoms with E-state index in [1.54, 1.807) is 6.07 Å². The van der Waals surface area contributed by atoms with Gasteiger partial charge < -0.3 is 19.3 Å². The lowest BCUT2D eigenvalue weighted by molar-refractivity contribution is -0.170. The van der Waals surface area contributed by atoms with E-state index in [9.17, 15) is 19.5 Å². The van der Waals surface area contributed by atoms with Gasteiger partial charge in [-0.05, 0) is 32.0 Å². The van der Waals surface area contributed by atoms with E-state index < -0.39 is 36.4 Å². The van der Waals surface area contributed by atoms with Gasteiger partial charge in [0.1, 0.15) is 0 Å². The summed E-state index contributed by atoms with van der Waals surface area (Å²) in [5, 5.41) is 10.4. The normalized spacial score (nSPS) is 26.2. The van der Waals surface area contributed by atoms with Crippen molar-refractivity contribution < 1.29 is 33.7 Å². The molecule has 4 rings (SSSR count). The lowest BCUT2D eigenvalue weighted by atomic mass is 9.94. The predicted molar refractivity (Wildman–Crippen MR) is 82.0 cm³/mol. The number of fused-ring (bicyclic) bond motifs is 2. The van der Waals surface area contributed by atoms with Gasteiger partial charge in [0, 0.05) is 12.1 Å². The fourth-order valence-electron chi connectivity index (χ4n) is 3.36. The maximum Gasteiger partial charge on any atom is 0.345 e. The van der Waals surface area contributed by atoms with Crippen LogP contribution in [0.15, 0.2) is 12.1 Å². The van der Waals surface area contributed by atoms with Gasteiger partial charge >= 0.3 is 17.9 Å². The molecule has 132 valence electrons. The molecule has 1 fully saturated rings. The molecule has 0 amide bonds. The molecule has 8 nitrogen and oxygen atoms in total. The Balaban J connectivity index is 1.82. The molecule has 0 aromatic heterocycles. The number of hydrogen-bond acceptors (Lipinski definition) is 8. The van der Waals surface area contributed by atoms with Crippen LogP contribution in [0.4, 0.5) is 0 Å².